The maximum absolute atomic E-state index is 14.6. The molecule has 28 heavy (non-hydrogen) atoms. The number of halogens is 2. The number of nitrogens with one attached hydrogen (secondary N) is 3. The molecular weight excluding hydrogens is 425 g/mol. The number of aromatic nitrogens is 1. The predicted molar refractivity (Wildman–Crippen MR) is 111 cm³/mol. The number of benzene rings is 1. The summed E-state index contributed by atoms with van der Waals surface area (Å²) in [5, 5.41) is 14.1. The Morgan fingerprint density at radius 3 is 2.75 bits per heavy atom. The number of thiocarbonyl (C=S) groups is 1. The maximum atomic E-state index is 14.6. The Balaban J connectivity index is 1.92. The summed E-state index contributed by atoms with van der Waals surface area (Å²) >= 11 is 11.1. The van der Waals surface area contributed by atoms with E-state index in [2.05, 4.69) is 15.6 Å². The first-order valence-corrected chi connectivity index (χ1v) is 10.5. The van der Waals surface area contributed by atoms with E-state index in [0.717, 1.165) is 4.31 Å². The number of hydrogen-bond donors (Lipinski definition) is 3. The van der Waals surface area contributed by atoms with Gasteiger partial charge in [0.25, 0.3) is 0 Å². The van der Waals surface area contributed by atoms with Crippen LogP contribution in [-0.4, -0.2) is 41.5 Å². The Hall–Kier alpha value is -2.30. The highest BCUT2D eigenvalue weighted by Crippen LogP contribution is 2.31. The molecule has 1 aliphatic heterocycles. The van der Waals surface area contributed by atoms with Gasteiger partial charge in [-0.25, -0.2) is 17.1 Å². The molecule has 0 aliphatic carbocycles. The molecule has 0 radical (unpaired) electrons. The fourth-order valence-corrected chi connectivity index (χ4v) is 4.68. The molecule has 3 rings (SSSR count). The lowest BCUT2D eigenvalue weighted by molar-refractivity contribution is 0.403. The first kappa shape index (κ1) is 20.4. The smallest absolute Gasteiger partial charge is 0.239 e. The van der Waals surface area contributed by atoms with Crippen LogP contribution in [0.1, 0.15) is 18.2 Å². The number of hydrogen-bond acceptors (Lipinski definition) is 5. The van der Waals surface area contributed by atoms with Crippen LogP contribution in [-0.2, 0) is 15.6 Å². The van der Waals surface area contributed by atoms with Crippen LogP contribution in [0.5, 0.6) is 0 Å². The zero-order valence-corrected chi connectivity index (χ0v) is 17.3. The summed E-state index contributed by atoms with van der Waals surface area (Å²) in [5.74, 6) is -1.32. The van der Waals surface area contributed by atoms with Crippen LogP contribution < -0.4 is 10.6 Å². The molecule has 1 aromatic carbocycles. The Morgan fingerprint density at radius 1 is 1.43 bits per heavy atom. The van der Waals surface area contributed by atoms with Gasteiger partial charge in [-0.3, -0.25) is 10.4 Å². The number of sulfonamides is 1. The highest BCUT2D eigenvalue weighted by atomic mass is 35.5. The van der Waals surface area contributed by atoms with Gasteiger partial charge in [-0.2, -0.15) is 0 Å². The molecule has 2 heterocycles. The van der Waals surface area contributed by atoms with Crippen LogP contribution in [0.25, 0.3) is 0 Å². The SMILES string of the molecule is CN1C(=N)N[C@](C)(c2cc(NC(=S)c3ccc(Cl)cn3)ccc2F)CS1(=O)=O. The van der Waals surface area contributed by atoms with Crippen molar-refractivity contribution in [2.75, 3.05) is 18.1 Å². The van der Waals surface area contributed by atoms with Crippen molar-refractivity contribution < 1.29 is 12.8 Å². The second kappa shape index (κ2) is 7.26. The topological polar surface area (TPSA) is 98.2 Å². The minimum absolute atomic E-state index is 0.103. The van der Waals surface area contributed by atoms with Gasteiger partial charge in [-0.05, 0) is 37.3 Å². The molecule has 0 saturated carbocycles. The average Bonchev–Trinajstić information content (AvgIpc) is 2.61. The third-order valence-electron chi connectivity index (χ3n) is 4.38. The zero-order valence-electron chi connectivity index (χ0n) is 15.0. The number of guanidine groups is 1. The summed E-state index contributed by atoms with van der Waals surface area (Å²) < 4.78 is 40.1. The molecule has 1 aromatic heterocycles. The number of pyridine rings is 1. The van der Waals surface area contributed by atoms with Crippen molar-refractivity contribution in [3.63, 3.8) is 0 Å². The van der Waals surface area contributed by atoms with Crippen LogP contribution in [0.2, 0.25) is 5.02 Å². The molecule has 0 bridgehead atoms. The second-order valence-corrected chi connectivity index (χ2v) is 9.38. The number of rotatable bonds is 3. The van der Waals surface area contributed by atoms with Crippen molar-refractivity contribution in [2.24, 2.45) is 0 Å². The van der Waals surface area contributed by atoms with Crippen molar-refractivity contribution in [1.29, 1.82) is 5.41 Å². The van der Waals surface area contributed by atoms with E-state index in [1.807, 2.05) is 0 Å². The van der Waals surface area contributed by atoms with Crippen LogP contribution in [0, 0.1) is 11.2 Å². The highest BCUT2D eigenvalue weighted by molar-refractivity contribution is 7.89. The summed E-state index contributed by atoms with van der Waals surface area (Å²) in [6.45, 7) is 1.54. The van der Waals surface area contributed by atoms with Crippen LogP contribution in [0.3, 0.4) is 0 Å². The predicted octanol–water partition coefficient (Wildman–Crippen LogP) is 2.68. The normalized spacial score (nSPS) is 21.1. The fourth-order valence-electron chi connectivity index (χ4n) is 2.85. The van der Waals surface area contributed by atoms with E-state index in [1.165, 1.54) is 38.4 Å². The van der Waals surface area contributed by atoms with Crippen LogP contribution in [0.15, 0.2) is 36.5 Å². The van der Waals surface area contributed by atoms with Gasteiger partial charge >= 0.3 is 0 Å². The van der Waals surface area contributed by atoms with Crippen molar-refractivity contribution in [3.05, 3.63) is 58.6 Å². The second-order valence-electron chi connectivity index (χ2n) is 6.54. The highest BCUT2D eigenvalue weighted by Gasteiger charge is 2.43. The number of nitrogens with zero attached hydrogens (tertiary/aromatic N) is 2. The van der Waals surface area contributed by atoms with Gasteiger partial charge in [0.15, 0.2) is 0 Å². The molecule has 1 fully saturated rings. The minimum atomic E-state index is -3.76. The van der Waals surface area contributed by atoms with Gasteiger partial charge in [0.1, 0.15) is 10.8 Å². The van der Waals surface area contributed by atoms with Gasteiger partial charge in [0.05, 0.1) is 22.0 Å². The van der Waals surface area contributed by atoms with E-state index in [4.69, 9.17) is 29.2 Å². The lowest BCUT2D eigenvalue weighted by Crippen LogP contribution is -2.61. The van der Waals surface area contributed by atoms with Crippen molar-refractivity contribution in [2.45, 2.75) is 12.5 Å². The van der Waals surface area contributed by atoms with Gasteiger partial charge < -0.3 is 10.6 Å². The van der Waals surface area contributed by atoms with E-state index in [9.17, 15) is 12.8 Å². The van der Waals surface area contributed by atoms with Crippen LogP contribution in [0.4, 0.5) is 10.1 Å². The summed E-state index contributed by atoms with van der Waals surface area (Å²) in [5.41, 5.74) is -0.266. The summed E-state index contributed by atoms with van der Waals surface area (Å²) in [4.78, 5) is 4.42. The van der Waals surface area contributed by atoms with E-state index < -0.39 is 27.1 Å². The Bertz CT molecular complexity index is 1060. The first-order chi connectivity index (χ1) is 13.0. The van der Waals surface area contributed by atoms with Crippen molar-refractivity contribution >= 4 is 50.5 Å². The maximum Gasteiger partial charge on any atom is 0.239 e. The minimum Gasteiger partial charge on any atom is -0.345 e. The lowest BCUT2D eigenvalue weighted by Gasteiger charge is -2.40. The fraction of sp³-hybridized carbons (Fsp3) is 0.235. The third-order valence-corrected chi connectivity index (χ3v) is 6.87. The molecule has 2 aromatic rings. The third kappa shape index (κ3) is 3.94. The number of anilines is 1. The van der Waals surface area contributed by atoms with Gasteiger partial charge in [0, 0.05) is 24.5 Å². The molecule has 1 atom stereocenters. The quantitative estimate of drug-likeness (QED) is 0.633. The average molecular weight is 442 g/mol. The largest absolute Gasteiger partial charge is 0.345 e. The van der Waals surface area contributed by atoms with E-state index in [0.29, 0.717) is 21.4 Å². The first-order valence-electron chi connectivity index (χ1n) is 8.08. The van der Waals surface area contributed by atoms with Gasteiger partial charge in [0.2, 0.25) is 16.0 Å². The van der Waals surface area contributed by atoms with E-state index in [-0.39, 0.29) is 11.5 Å². The van der Waals surface area contributed by atoms with Gasteiger partial charge in [-0.1, -0.05) is 23.8 Å². The molecule has 1 saturated heterocycles. The molecule has 1 aliphatic rings. The molecule has 148 valence electrons. The molecule has 3 N–H and O–H groups in total. The molecular formula is C17H17ClFN5O2S2. The standard InChI is InChI=1S/C17H17ClFN5O2S2/c1-17(9-28(25,26)24(2)16(20)23-17)12-7-11(4-5-13(12)19)22-15(27)14-6-3-10(18)8-21-14/h3-8H,9H2,1-2H3,(H2,20,23)(H,22,27)/t17-/m0/s1. The summed E-state index contributed by atoms with van der Waals surface area (Å²) in [7, 11) is -2.48. The molecule has 0 spiro atoms. The monoisotopic (exact) mass is 441 g/mol. The molecule has 0 amide bonds. The van der Waals surface area contributed by atoms with E-state index >= 15 is 0 Å². The lowest BCUT2D eigenvalue weighted by atomic mass is 9.93. The summed E-state index contributed by atoms with van der Waals surface area (Å²) in [6.07, 6.45) is 1.46. The van der Waals surface area contributed by atoms with Gasteiger partial charge in [-0.15, -0.1) is 0 Å². The molecule has 0 unspecified atom stereocenters. The summed E-state index contributed by atoms with van der Waals surface area (Å²) in [6, 6.07) is 7.47. The van der Waals surface area contributed by atoms with Crippen molar-refractivity contribution in [3.8, 4) is 0 Å². The molecule has 11 heteroatoms. The Labute approximate surface area is 172 Å². The van der Waals surface area contributed by atoms with Crippen molar-refractivity contribution in [1.82, 2.24) is 14.6 Å². The van der Waals surface area contributed by atoms with Crippen LogP contribution >= 0.6 is 23.8 Å². The molecule has 7 nitrogen and oxygen atoms in total. The Morgan fingerprint density at radius 2 is 2.14 bits per heavy atom. The Kier molecular flexibility index (Phi) is 5.30. The van der Waals surface area contributed by atoms with E-state index in [1.54, 1.807) is 12.1 Å². The zero-order chi connectivity index (χ0) is 20.7.